The summed E-state index contributed by atoms with van der Waals surface area (Å²) in [7, 11) is 0. The number of benzene rings is 2. The van der Waals surface area contributed by atoms with Crippen LogP contribution in [0, 0.1) is 0 Å². The van der Waals surface area contributed by atoms with Crippen molar-refractivity contribution >= 4 is 39.7 Å². The van der Waals surface area contributed by atoms with Crippen molar-refractivity contribution in [2.45, 2.75) is 102 Å². The Balaban J connectivity index is 0.000000186. The van der Waals surface area contributed by atoms with Crippen LogP contribution in [-0.4, -0.2) is 45.6 Å². The Hall–Kier alpha value is -4.31. The fourth-order valence-corrected chi connectivity index (χ4v) is 7.07. The van der Waals surface area contributed by atoms with Gasteiger partial charge in [0.1, 0.15) is 5.60 Å². The number of ether oxygens (including phenoxy) is 1. The predicted octanol–water partition coefficient (Wildman–Crippen LogP) is 6.07. The van der Waals surface area contributed by atoms with Gasteiger partial charge in [0.15, 0.2) is 0 Å². The molecule has 240 valence electrons. The van der Waals surface area contributed by atoms with Crippen LogP contribution in [0.4, 0.5) is 4.79 Å². The second-order valence-corrected chi connectivity index (χ2v) is 13.5. The molecule has 0 radical (unpaired) electrons. The molecule has 9 N–H and O–H groups in total. The minimum Gasteiger partial charge on any atom is -0.444 e. The van der Waals surface area contributed by atoms with Crippen LogP contribution in [0.25, 0.3) is 21.8 Å². The van der Waals surface area contributed by atoms with E-state index in [0.717, 1.165) is 60.3 Å². The van der Waals surface area contributed by atoms with E-state index in [9.17, 15) is 14.4 Å². The number of fused-ring (bicyclic) bond motifs is 2. The zero-order valence-corrected chi connectivity index (χ0v) is 26.5. The molecule has 2 aromatic heterocycles. The lowest BCUT2D eigenvalue weighted by Crippen LogP contribution is -2.41. The van der Waals surface area contributed by atoms with Gasteiger partial charge in [-0.15, -0.1) is 0 Å². The Morgan fingerprint density at radius 1 is 0.756 bits per heavy atom. The number of H-pyrrole nitrogens is 2. The number of carbonyl (C=O) groups is 3. The summed E-state index contributed by atoms with van der Waals surface area (Å²) in [6.07, 6.45) is 11.7. The Labute approximate surface area is 263 Å². The summed E-state index contributed by atoms with van der Waals surface area (Å²) in [5.41, 5.74) is 21.7. The maximum atomic E-state index is 12.1. The number of hydrogen-bond donors (Lipinski definition) is 6. The molecule has 3 amide bonds. The van der Waals surface area contributed by atoms with Crippen LogP contribution in [0.15, 0.2) is 48.8 Å². The standard InChI is InChI=1S/C20H27N3O3.C15H19N3O/c1-20(2,3)26-19(25)23-13-6-4-5-12(11-13)14-7-8-16(18(21)24)17-15(14)9-10-22-17;16-10-3-1-2-9(8-10)11-4-5-13(15(17)19)14-12(11)6-7-18-14/h7-10,12-13,22H,4-6,11H2,1-3H3,(H2,21,24)(H,23,25);4-7,9-10,18H,1-3,8,16H2,(H2,17,19). The molecule has 2 fully saturated rings. The number of hydrogen-bond acceptors (Lipinski definition) is 5. The Morgan fingerprint density at radius 2 is 1.27 bits per heavy atom. The number of aromatic nitrogens is 2. The molecule has 2 heterocycles. The molecule has 4 aromatic rings. The molecule has 2 saturated carbocycles. The van der Waals surface area contributed by atoms with Gasteiger partial charge in [-0.3, -0.25) is 9.59 Å². The summed E-state index contributed by atoms with van der Waals surface area (Å²) in [6, 6.07) is 12.1. The Morgan fingerprint density at radius 3 is 1.76 bits per heavy atom. The van der Waals surface area contributed by atoms with Crippen molar-refractivity contribution in [3.05, 3.63) is 71.0 Å². The van der Waals surface area contributed by atoms with Gasteiger partial charge >= 0.3 is 6.09 Å². The van der Waals surface area contributed by atoms with Crippen LogP contribution in [0.2, 0.25) is 0 Å². The number of alkyl carbamates (subject to hydrolysis) is 1. The quantitative estimate of drug-likeness (QED) is 0.159. The third kappa shape index (κ3) is 7.50. The average molecular weight is 615 g/mol. The minimum absolute atomic E-state index is 0.0911. The molecule has 10 heteroatoms. The Bertz CT molecular complexity index is 1680. The van der Waals surface area contributed by atoms with E-state index in [1.165, 1.54) is 24.0 Å². The highest BCUT2D eigenvalue weighted by molar-refractivity contribution is 6.06. The lowest BCUT2D eigenvalue weighted by Gasteiger charge is -2.31. The zero-order valence-electron chi connectivity index (χ0n) is 26.5. The zero-order chi connectivity index (χ0) is 32.3. The van der Waals surface area contributed by atoms with E-state index in [1.54, 1.807) is 6.07 Å². The van der Waals surface area contributed by atoms with Gasteiger partial charge in [-0.25, -0.2) is 4.79 Å². The highest BCUT2D eigenvalue weighted by Gasteiger charge is 2.28. The van der Waals surface area contributed by atoms with Gasteiger partial charge in [-0.1, -0.05) is 25.0 Å². The molecule has 0 bridgehead atoms. The first-order valence-electron chi connectivity index (χ1n) is 16.0. The number of amides is 3. The second kappa shape index (κ2) is 13.4. The average Bonchev–Trinajstić information content (AvgIpc) is 3.66. The highest BCUT2D eigenvalue weighted by Crippen LogP contribution is 2.38. The summed E-state index contributed by atoms with van der Waals surface area (Å²) < 4.78 is 5.37. The predicted molar refractivity (Wildman–Crippen MR) is 177 cm³/mol. The number of rotatable bonds is 5. The number of primary amides is 2. The third-order valence-electron chi connectivity index (χ3n) is 9.03. The third-order valence-corrected chi connectivity index (χ3v) is 9.03. The SMILES string of the molecule is CC(C)(C)OC(=O)NC1CCCC(c2ccc(C(N)=O)c3[nH]ccc23)C1.NC(=O)c1ccc(C2CCCC(N)C2)c2cc[nH]c12. The molecule has 4 unspecified atom stereocenters. The number of aromatic amines is 2. The van der Waals surface area contributed by atoms with Gasteiger partial charge in [-0.05, 0) is 107 Å². The maximum absolute atomic E-state index is 12.1. The molecule has 2 aliphatic carbocycles. The van der Waals surface area contributed by atoms with E-state index in [2.05, 4.69) is 15.3 Å². The molecule has 10 nitrogen and oxygen atoms in total. The molecular formula is C35H46N6O4. The molecule has 45 heavy (non-hydrogen) atoms. The number of carbonyl (C=O) groups excluding carboxylic acids is 3. The van der Waals surface area contributed by atoms with E-state index in [1.807, 2.05) is 63.5 Å². The van der Waals surface area contributed by atoms with E-state index in [0.29, 0.717) is 29.0 Å². The lowest BCUT2D eigenvalue weighted by molar-refractivity contribution is 0.0490. The first kappa shape index (κ1) is 32.1. The largest absolute Gasteiger partial charge is 0.444 e. The van der Waals surface area contributed by atoms with Crippen molar-refractivity contribution in [2.75, 3.05) is 0 Å². The molecule has 4 atom stereocenters. The van der Waals surface area contributed by atoms with E-state index >= 15 is 0 Å². The van der Waals surface area contributed by atoms with Gasteiger partial charge in [0.2, 0.25) is 0 Å². The summed E-state index contributed by atoms with van der Waals surface area (Å²) >= 11 is 0. The first-order chi connectivity index (χ1) is 21.4. The van der Waals surface area contributed by atoms with Gasteiger partial charge in [0, 0.05) is 35.2 Å². The highest BCUT2D eigenvalue weighted by atomic mass is 16.6. The topological polar surface area (TPSA) is 182 Å². The first-order valence-corrected chi connectivity index (χ1v) is 16.0. The summed E-state index contributed by atoms with van der Waals surface area (Å²) in [6.45, 7) is 5.58. The summed E-state index contributed by atoms with van der Waals surface area (Å²) in [5, 5.41) is 5.14. The molecular weight excluding hydrogens is 568 g/mol. The van der Waals surface area contributed by atoms with E-state index in [4.69, 9.17) is 21.9 Å². The van der Waals surface area contributed by atoms with Crippen LogP contribution < -0.4 is 22.5 Å². The van der Waals surface area contributed by atoms with Crippen molar-refractivity contribution in [3.63, 3.8) is 0 Å². The number of nitrogens with two attached hydrogens (primary N) is 3. The molecule has 2 aliphatic rings. The molecule has 0 spiro atoms. The number of nitrogens with one attached hydrogen (secondary N) is 3. The second-order valence-electron chi connectivity index (χ2n) is 13.5. The molecule has 2 aromatic carbocycles. The van der Waals surface area contributed by atoms with Crippen LogP contribution in [0.3, 0.4) is 0 Å². The van der Waals surface area contributed by atoms with Gasteiger partial charge < -0.3 is 37.2 Å². The molecule has 0 aliphatic heterocycles. The van der Waals surface area contributed by atoms with Crippen LogP contribution in [-0.2, 0) is 4.74 Å². The van der Waals surface area contributed by atoms with Gasteiger partial charge in [0.25, 0.3) is 11.8 Å². The normalized spacial score (nSPS) is 22.0. The molecule has 6 rings (SSSR count). The van der Waals surface area contributed by atoms with Crippen molar-refractivity contribution < 1.29 is 19.1 Å². The fraction of sp³-hybridized carbons (Fsp3) is 0.457. The van der Waals surface area contributed by atoms with Crippen molar-refractivity contribution in [1.82, 2.24) is 15.3 Å². The molecule has 0 saturated heterocycles. The maximum Gasteiger partial charge on any atom is 0.407 e. The smallest absolute Gasteiger partial charge is 0.407 e. The summed E-state index contributed by atoms with van der Waals surface area (Å²) in [4.78, 5) is 41.4. The van der Waals surface area contributed by atoms with Gasteiger partial charge in [-0.2, -0.15) is 0 Å². The van der Waals surface area contributed by atoms with Crippen molar-refractivity contribution in [1.29, 1.82) is 0 Å². The van der Waals surface area contributed by atoms with Gasteiger partial charge in [0.05, 0.1) is 22.2 Å². The monoisotopic (exact) mass is 614 g/mol. The van der Waals surface area contributed by atoms with E-state index < -0.39 is 11.5 Å². The van der Waals surface area contributed by atoms with Crippen molar-refractivity contribution in [3.8, 4) is 0 Å². The minimum atomic E-state index is -0.500. The Kier molecular flexibility index (Phi) is 9.53. The van der Waals surface area contributed by atoms with Crippen LogP contribution >= 0.6 is 0 Å². The fourth-order valence-electron chi connectivity index (χ4n) is 7.07. The van der Waals surface area contributed by atoms with Crippen LogP contribution in [0.5, 0.6) is 0 Å². The van der Waals surface area contributed by atoms with E-state index in [-0.39, 0.29) is 18.0 Å². The van der Waals surface area contributed by atoms with Crippen LogP contribution in [0.1, 0.15) is 116 Å². The lowest BCUT2D eigenvalue weighted by atomic mass is 9.80. The summed E-state index contributed by atoms with van der Waals surface area (Å²) in [5.74, 6) is -0.00986. The van der Waals surface area contributed by atoms with Crippen molar-refractivity contribution in [2.24, 2.45) is 17.2 Å².